The fourth-order valence-corrected chi connectivity index (χ4v) is 3.05. The number of hydrogen-bond acceptors (Lipinski definition) is 2. The van der Waals surface area contributed by atoms with Gasteiger partial charge in [0.2, 0.25) is 0 Å². The Balaban J connectivity index is 2.89. The third-order valence-corrected chi connectivity index (χ3v) is 4.36. The van der Waals surface area contributed by atoms with Crippen molar-refractivity contribution in [3.63, 3.8) is 0 Å². The molecule has 0 N–H and O–H groups in total. The minimum Gasteiger partial charge on any atom is -0.229 e. The number of thiazole rings is 1. The van der Waals surface area contributed by atoms with E-state index in [0.29, 0.717) is 0 Å². The lowest BCUT2D eigenvalue weighted by Gasteiger charge is -1.93. The van der Waals surface area contributed by atoms with Gasteiger partial charge in [-0.15, -0.1) is 11.3 Å². The van der Waals surface area contributed by atoms with E-state index in [2.05, 4.69) is 36.8 Å². The number of hydrogen-bond donors (Lipinski definition) is 0. The number of nitrogens with zero attached hydrogens (tertiary/aromatic N) is 1. The number of benzene rings is 1. The zero-order valence-corrected chi connectivity index (χ0v) is 10.4. The number of aromatic nitrogens is 1. The van der Waals surface area contributed by atoms with Crippen LogP contribution in [0.3, 0.4) is 0 Å². The molecule has 1 aromatic heterocycles. The molecule has 0 amide bonds. The second kappa shape index (κ2) is 3.25. The summed E-state index contributed by atoms with van der Waals surface area (Å²) in [7, 11) is 0. The normalized spacial score (nSPS) is 10.9. The molecule has 0 aliphatic carbocycles. The molecule has 1 nitrogen and oxygen atoms in total. The topological polar surface area (TPSA) is 12.9 Å². The quantitative estimate of drug-likeness (QED) is 0.695. The molecule has 0 spiro atoms. The summed E-state index contributed by atoms with van der Waals surface area (Å²) >= 11 is 14.3. The summed E-state index contributed by atoms with van der Waals surface area (Å²) in [5, 5.41) is 0.732. The summed E-state index contributed by atoms with van der Waals surface area (Å²) in [6.45, 7) is 0. The SMILES string of the molecule is Clc1c(Br)ccc2nc(Br)sc12. The van der Waals surface area contributed by atoms with Crippen LogP contribution in [0.2, 0.25) is 5.02 Å². The molecular formula is C7H2Br2ClNS. The van der Waals surface area contributed by atoms with Gasteiger partial charge in [0.05, 0.1) is 15.2 Å². The van der Waals surface area contributed by atoms with Crippen molar-refractivity contribution in [2.24, 2.45) is 0 Å². The fourth-order valence-electron chi connectivity index (χ4n) is 0.909. The van der Waals surface area contributed by atoms with Gasteiger partial charge in [-0.05, 0) is 44.0 Å². The van der Waals surface area contributed by atoms with Crippen LogP contribution in [0.1, 0.15) is 0 Å². The van der Waals surface area contributed by atoms with Gasteiger partial charge in [0.25, 0.3) is 0 Å². The van der Waals surface area contributed by atoms with E-state index < -0.39 is 0 Å². The van der Waals surface area contributed by atoms with Crippen LogP contribution in [0.4, 0.5) is 0 Å². The third-order valence-electron chi connectivity index (χ3n) is 1.42. The van der Waals surface area contributed by atoms with Crippen molar-refractivity contribution in [1.82, 2.24) is 4.98 Å². The van der Waals surface area contributed by atoms with Gasteiger partial charge in [-0.1, -0.05) is 11.6 Å². The lowest BCUT2D eigenvalue weighted by molar-refractivity contribution is 1.45. The molecule has 12 heavy (non-hydrogen) atoms. The molecule has 0 aliphatic heterocycles. The summed E-state index contributed by atoms with van der Waals surface area (Å²) in [4.78, 5) is 4.24. The van der Waals surface area contributed by atoms with Gasteiger partial charge >= 0.3 is 0 Å². The number of fused-ring (bicyclic) bond motifs is 1. The standard InChI is InChI=1S/C7H2Br2ClNS/c8-3-1-2-4-6(5(3)10)12-7(9)11-4/h1-2H. The van der Waals surface area contributed by atoms with Crippen molar-refractivity contribution in [1.29, 1.82) is 0 Å². The minimum atomic E-state index is 0.732. The number of halogens is 3. The van der Waals surface area contributed by atoms with Crippen LogP contribution in [0.15, 0.2) is 20.5 Å². The molecule has 0 unspecified atom stereocenters. The first-order valence-electron chi connectivity index (χ1n) is 3.08. The van der Waals surface area contributed by atoms with Gasteiger partial charge in [-0.3, -0.25) is 0 Å². The van der Waals surface area contributed by atoms with Gasteiger partial charge < -0.3 is 0 Å². The van der Waals surface area contributed by atoms with Crippen LogP contribution in [0.25, 0.3) is 10.2 Å². The second-order valence-electron chi connectivity index (χ2n) is 2.18. The average Bonchev–Trinajstić information content (AvgIpc) is 2.39. The Morgan fingerprint density at radius 2 is 2.08 bits per heavy atom. The van der Waals surface area contributed by atoms with Crippen molar-refractivity contribution < 1.29 is 0 Å². The Hall–Kier alpha value is 0.360. The largest absolute Gasteiger partial charge is 0.229 e. The lowest BCUT2D eigenvalue weighted by Crippen LogP contribution is -1.70. The first-order chi connectivity index (χ1) is 5.68. The maximum atomic E-state index is 6.04. The summed E-state index contributed by atoms with van der Waals surface area (Å²) in [5.41, 5.74) is 0.931. The first kappa shape index (κ1) is 8.94. The van der Waals surface area contributed by atoms with E-state index in [1.165, 1.54) is 11.3 Å². The summed E-state index contributed by atoms with van der Waals surface area (Å²) in [6.07, 6.45) is 0. The molecule has 2 rings (SSSR count). The van der Waals surface area contributed by atoms with Crippen LogP contribution >= 0.6 is 54.8 Å². The highest BCUT2D eigenvalue weighted by Gasteiger charge is 2.07. The van der Waals surface area contributed by atoms with E-state index in [4.69, 9.17) is 11.6 Å². The molecule has 1 heterocycles. The van der Waals surface area contributed by atoms with Gasteiger partial charge in [0, 0.05) is 4.47 Å². The Morgan fingerprint density at radius 3 is 2.83 bits per heavy atom. The molecule has 62 valence electrons. The van der Waals surface area contributed by atoms with Crippen molar-refractivity contribution >= 4 is 65.0 Å². The Morgan fingerprint density at radius 1 is 1.33 bits per heavy atom. The molecule has 0 radical (unpaired) electrons. The van der Waals surface area contributed by atoms with Crippen LogP contribution in [0.5, 0.6) is 0 Å². The monoisotopic (exact) mass is 325 g/mol. The van der Waals surface area contributed by atoms with Crippen LogP contribution < -0.4 is 0 Å². The van der Waals surface area contributed by atoms with Gasteiger partial charge in [0.15, 0.2) is 3.92 Å². The van der Waals surface area contributed by atoms with E-state index in [0.717, 1.165) is 23.6 Å². The average molecular weight is 327 g/mol. The van der Waals surface area contributed by atoms with E-state index in [-0.39, 0.29) is 0 Å². The molecule has 0 fully saturated rings. The molecule has 0 bridgehead atoms. The molecule has 5 heteroatoms. The summed E-state index contributed by atoms with van der Waals surface area (Å²) in [6, 6.07) is 3.84. The van der Waals surface area contributed by atoms with Crippen LogP contribution in [-0.4, -0.2) is 4.98 Å². The zero-order chi connectivity index (χ0) is 8.72. The molecular weight excluding hydrogens is 325 g/mol. The summed E-state index contributed by atoms with van der Waals surface area (Å²) < 4.78 is 2.78. The molecule has 0 saturated heterocycles. The molecule has 2 aromatic rings. The second-order valence-corrected chi connectivity index (χ2v) is 5.68. The smallest absolute Gasteiger partial charge is 0.160 e. The number of rotatable bonds is 0. The molecule has 0 saturated carbocycles. The van der Waals surface area contributed by atoms with Crippen molar-refractivity contribution in [3.8, 4) is 0 Å². The minimum absolute atomic E-state index is 0.732. The maximum Gasteiger partial charge on any atom is 0.160 e. The van der Waals surface area contributed by atoms with E-state index in [1.54, 1.807) is 0 Å². The third kappa shape index (κ3) is 1.41. The van der Waals surface area contributed by atoms with Crippen LogP contribution in [0, 0.1) is 0 Å². The van der Waals surface area contributed by atoms with Crippen molar-refractivity contribution in [2.75, 3.05) is 0 Å². The van der Waals surface area contributed by atoms with Crippen molar-refractivity contribution in [3.05, 3.63) is 25.5 Å². The van der Waals surface area contributed by atoms with Crippen molar-refractivity contribution in [2.45, 2.75) is 0 Å². The predicted octanol–water partition coefficient (Wildman–Crippen LogP) is 4.47. The lowest BCUT2D eigenvalue weighted by atomic mass is 10.3. The Kier molecular flexibility index (Phi) is 2.42. The maximum absolute atomic E-state index is 6.04. The highest BCUT2D eigenvalue weighted by molar-refractivity contribution is 9.11. The fraction of sp³-hybridized carbons (Fsp3) is 0. The highest BCUT2D eigenvalue weighted by atomic mass is 79.9. The van der Waals surface area contributed by atoms with E-state index >= 15 is 0 Å². The van der Waals surface area contributed by atoms with Gasteiger partial charge in [0.1, 0.15) is 0 Å². The molecule has 1 aromatic carbocycles. The molecule has 0 aliphatic rings. The highest BCUT2D eigenvalue weighted by Crippen LogP contribution is 2.36. The summed E-state index contributed by atoms with van der Waals surface area (Å²) in [5.74, 6) is 0. The van der Waals surface area contributed by atoms with Gasteiger partial charge in [-0.2, -0.15) is 0 Å². The van der Waals surface area contributed by atoms with E-state index in [9.17, 15) is 0 Å². The Labute approximate surface area is 95.0 Å². The first-order valence-corrected chi connectivity index (χ1v) is 5.86. The predicted molar refractivity (Wildman–Crippen MR) is 60.0 cm³/mol. The Bertz CT molecular complexity index is 440. The van der Waals surface area contributed by atoms with Crippen LogP contribution in [-0.2, 0) is 0 Å². The zero-order valence-electron chi connectivity index (χ0n) is 5.64. The molecule has 0 atom stereocenters. The van der Waals surface area contributed by atoms with Gasteiger partial charge in [-0.25, -0.2) is 4.98 Å². The van der Waals surface area contributed by atoms with E-state index in [1.807, 2.05) is 12.1 Å².